The van der Waals surface area contributed by atoms with Gasteiger partial charge in [-0.15, -0.1) is 0 Å². The van der Waals surface area contributed by atoms with Gasteiger partial charge in [0.2, 0.25) is 0 Å². The number of hydrogen-bond acceptors (Lipinski definition) is 4. The number of likely N-dealkylation sites (tertiary alicyclic amines) is 1. The van der Waals surface area contributed by atoms with E-state index in [9.17, 15) is 4.79 Å². The Balaban J connectivity index is 1.79. The molecule has 0 aliphatic carbocycles. The first-order valence-corrected chi connectivity index (χ1v) is 7.12. The number of carbonyl (C=O) groups is 1. The molecule has 1 unspecified atom stereocenters. The lowest BCUT2D eigenvalue weighted by atomic mass is 10.0. The van der Waals surface area contributed by atoms with Gasteiger partial charge in [0.25, 0.3) is 0 Å². The van der Waals surface area contributed by atoms with Crippen molar-refractivity contribution in [3.05, 3.63) is 29.8 Å². The van der Waals surface area contributed by atoms with Crippen LogP contribution in [0.4, 0.5) is 10.5 Å². The average Bonchev–Trinajstić information content (AvgIpc) is 2.46. The molecule has 1 atom stereocenters. The first-order valence-electron chi connectivity index (χ1n) is 7.12. The number of rotatable bonds is 4. The van der Waals surface area contributed by atoms with E-state index >= 15 is 0 Å². The number of piperidine rings is 1. The van der Waals surface area contributed by atoms with Crippen molar-refractivity contribution in [3.8, 4) is 0 Å². The third kappa shape index (κ3) is 4.21. The first kappa shape index (κ1) is 14.8. The van der Waals surface area contributed by atoms with E-state index in [2.05, 4.69) is 17.3 Å². The van der Waals surface area contributed by atoms with E-state index in [1.54, 1.807) is 0 Å². The molecule has 1 heterocycles. The molecule has 0 saturated carbocycles. The Morgan fingerprint density at radius 1 is 1.50 bits per heavy atom. The van der Waals surface area contributed by atoms with Crippen LogP contribution in [0.1, 0.15) is 24.8 Å². The van der Waals surface area contributed by atoms with Gasteiger partial charge in [-0.2, -0.15) is 0 Å². The SMILES string of the molecule is CN1CCCCC1COC(=O)Nc1cccc(CN)c1. The molecule has 0 radical (unpaired) electrons. The summed E-state index contributed by atoms with van der Waals surface area (Å²) in [6, 6.07) is 7.81. The van der Waals surface area contributed by atoms with Crippen molar-refractivity contribution in [3.63, 3.8) is 0 Å². The van der Waals surface area contributed by atoms with Gasteiger partial charge in [-0.3, -0.25) is 5.32 Å². The number of nitrogens with zero attached hydrogens (tertiary/aromatic N) is 1. The summed E-state index contributed by atoms with van der Waals surface area (Å²) in [5.74, 6) is 0. The van der Waals surface area contributed by atoms with E-state index in [0.29, 0.717) is 19.2 Å². The minimum absolute atomic E-state index is 0.338. The summed E-state index contributed by atoms with van der Waals surface area (Å²) in [5, 5.41) is 2.74. The molecule has 3 N–H and O–H groups in total. The summed E-state index contributed by atoms with van der Waals surface area (Å²) < 4.78 is 5.31. The van der Waals surface area contributed by atoms with Crippen LogP contribution in [0, 0.1) is 0 Å². The second kappa shape index (κ2) is 7.26. The van der Waals surface area contributed by atoms with Gasteiger partial charge >= 0.3 is 6.09 Å². The van der Waals surface area contributed by atoms with Crippen LogP contribution in [-0.2, 0) is 11.3 Å². The highest BCUT2D eigenvalue weighted by Crippen LogP contribution is 2.15. The van der Waals surface area contributed by atoms with E-state index in [1.165, 1.54) is 12.8 Å². The Morgan fingerprint density at radius 3 is 3.10 bits per heavy atom. The van der Waals surface area contributed by atoms with Gasteiger partial charge in [0.1, 0.15) is 6.61 Å². The minimum Gasteiger partial charge on any atom is -0.448 e. The summed E-state index contributed by atoms with van der Waals surface area (Å²) >= 11 is 0. The largest absolute Gasteiger partial charge is 0.448 e. The number of ether oxygens (including phenoxy) is 1. The van der Waals surface area contributed by atoms with Crippen LogP contribution in [0.2, 0.25) is 0 Å². The highest BCUT2D eigenvalue weighted by Gasteiger charge is 2.20. The number of anilines is 1. The summed E-state index contributed by atoms with van der Waals surface area (Å²) in [6.07, 6.45) is 3.12. The molecule has 1 aromatic carbocycles. The van der Waals surface area contributed by atoms with Gasteiger partial charge < -0.3 is 15.4 Å². The summed E-state index contributed by atoms with van der Waals surface area (Å²) in [6.45, 7) is 1.98. The van der Waals surface area contributed by atoms with Crippen LogP contribution >= 0.6 is 0 Å². The van der Waals surface area contributed by atoms with E-state index in [0.717, 1.165) is 24.2 Å². The molecule has 110 valence electrons. The molecule has 5 heteroatoms. The topological polar surface area (TPSA) is 67.6 Å². The molecule has 1 aliphatic heterocycles. The smallest absolute Gasteiger partial charge is 0.411 e. The third-order valence-corrected chi connectivity index (χ3v) is 3.74. The van der Waals surface area contributed by atoms with Crippen LogP contribution in [-0.4, -0.2) is 37.2 Å². The highest BCUT2D eigenvalue weighted by atomic mass is 16.5. The average molecular weight is 277 g/mol. The van der Waals surface area contributed by atoms with Crippen LogP contribution < -0.4 is 11.1 Å². The van der Waals surface area contributed by atoms with E-state index in [1.807, 2.05) is 24.3 Å². The normalized spacial score (nSPS) is 19.6. The molecule has 0 bridgehead atoms. The van der Waals surface area contributed by atoms with E-state index in [4.69, 9.17) is 10.5 Å². The molecule has 1 saturated heterocycles. The van der Waals surface area contributed by atoms with Crippen LogP contribution in [0.25, 0.3) is 0 Å². The quantitative estimate of drug-likeness (QED) is 0.885. The van der Waals surface area contributed by atoms with Crippen molar-refractivity contribution in [1.82, 2.24) is 4.90 Å². The zero-order valence-corrected chi connectivity index (χ0v) is 12.0. The Bertz CT molecular complexity index is 450. The number of carbonyl (C=O) groups excluding carboxylic acids is 1. The molecule has 0 spiro atoms. The predicted molar refractivity (Wildman–Crippen MR) is 79.6 cm³/mol. The maximum Gasteiger partial charge on any atom is 0.411 e. The maximum absolute atomic E-state index is 11.8. The van der Waals surface area contributed by atoms with Crippen molar-refractivity contribution in [2.24, 2.45) is 5.73 Å². The second-order valence-corrected chi connectivity index (χ2v) is 5.26. The van der Waals surface area contributed by atoms with Crippen molar-refractivity contribution < 1.29 is 9.53 Å². The molecule has 1 aliphatic rings. The summed E-state index contributed by atoms with van der Waals surface area (Å²) in [7, 11) is 2.08. The number of nitrogens with one attached hydrogen (secondary N) is 1. The number of likely N-dealkylation sites (N-methyl/N-ethyl adjacent to an activating group) is 1. The van der Waals surface area contributed by atoms with Crippen LogP contribution in [0.3, 0.4) is 0 Å². The van der Waals surface area contributed by atoms with Gasteiger partial charge in [-0.1, -0.05) is 18.6 Å². The fourth-order valence-corrected chi connectivity index (χ4v) is 2.46. The van der Waals surface area contributed by atoms with Gasteiger partial charge in [0, 0.05) is 18.3 Å². The Morgan fingerprint density at radius 2 is 2.35 bits per heavy atom. The molecule has 1 amide bonds. The molecule has 2 rings (SSSR count). The highest BCUT2D eigenvalue weighted by molar-refractivity contribution is 5.84. The number of benzene rings is 1. The van der Waals surface area contributed by atoms with Gasteiger partial charge in [-0.25, -0.2) is 4.79 Å². The fraction of sp³-hybridized carbons (Fsp3) is 0.533. The monoisotopic (exact) mass is 277 g/mol. The van der Waals surface area contributed by atoms with E-state index < -0.39 is 6.09 Å². The number of nitrogens with two attached hydrogens (primary N) is 1. The molecular weight excluding hydrogens is 254 g/mol. The van der Waals surface area contributed by atoms with Crippen molar-refractivity contribution in [2.45, 2.75) is 31.8 Å². The Labute approximate surface area is 120 Å². The van der Waals surface area contributed by atoms with Crippen molar-refractivity contribution >= 4 is 11.8 Å². The first-order chi connectivity index (χ1) is 9.69. The zero-order valence-electron chi connectivity index (χ0n) is 12.0. The molecule has 1 aromatic rings. The summed E-state index contributed by atoms with van der Waals surface area (Å²) in [5.41, 5.74) is 7.27. The Kier molecular flexibility index (Phi) is 5.38. The lowest BCUT2D eigenvalue weighted by molar-refractivity contribution is 0.0908. The summed E-state index contributed by atoms with van der Waals surface area (Å²) in [4.78, 5) is 14.0. The van der Waals surface area contributed by atoms with Crippen molar-refractivity contribution in [2.75, 3.05) is 25.5 Å². The lowest BCUT2D eigenvalue weighted by Gasteiger charge is -2.31. The van der Waals surface area contributed by atoms with Crippen LogP contribution in [0.5, 0.6) is 0 Å². The second-order valence-electron chi connectivity index (χ2n) is 5.26. The van der Waals surface area contributed by atoms with Gasteiger partial charge in [-0.05, 0) is 44.1 Å². The molecule has 1 fully saturated rings. The fourth-order valence-electron chi connectivity index (χ4n) is 2.46. The maximum atomic E-state index is 11.8. The Hall–Kier alpha value is -1.59. The standard InChI is InChI=1S/C15H23N3O2/c1-18-8-3-2-7-14(18)11-20-15(19)17-13-6-4-5-12(9-13)10-16/h4-6,9,14H,2-3,7-8,10-11,16H2,1H3,(H,17,19). The van der Waals surface area contributed by atoms with E-state index in [-0.39, 0.29) is 0 Å². The number of hydrogen-bond donors (Lipinski definition) is 2. The minimum atomic E-state index is -0.404. The van der Waals surface area contributed by atoms with Crippen LogP contribution in [0.15, 0.2) is 24.3 Å². The molecule has 5 nitrogen and oxygen atoms in total. The zero-order chi connectivity index (χ0) is 14.4. The van der Waals surface area contributed by atoms with Crippen molar-refractivity contribution in [1.29, 1.82) is 0 Å². The molecule has 0 aromatic heterocycles. The van der Waals surface area contributed by atoms with Gasteiger partial charge in [0.15, 0.2) is 0 Å². The lowest BCUT2D eigenvalue weighted by Crippen LogP contribution is -2.40. The molecule has 20 heavy (non-hydrogen) atoms. The number of amides is 1. The molecular formula is C15H23N3O2. The van der Waals surface area contributed by atoms with Gasteiger partial charge in [0.05, 0.1) is 0 Å². The predicted octanol–water partition coefficient (Wildman–Crippen LogP) is 2.18. The third-order valence-electron chi connectivity index (χ3n) is 3.74.